The van der Waals surface area contributed by atoms with Crippen molar-refractivity contribution in [1.29, 1.82) is 0 Å². The number of hydrogen-bond donors (Lipinski definition) is 1. The number of carbonyl (C=O) groups excluding carboxylic acids is 1. The first-order valence-electron chi connectivity index (χ1n) is 5.66. The van der Waals surface area contributed by atoms with Gasteiger partial charge in [-0.05, 0) is 12.3 Å². The average Bonchev–Trinajstić information content (AvgIpc) is 2.15. The van der Waals surface area contributed by atoms with E-state index in [0.717, 1.165) is 25.3 Å². The number of nitrogens with zero attached hydrogens (tertiary/aromatic N) is 1. The maximum absolute atomic E-state index is 12.0. The molecule has 1 fully saturated rings. The van der Waals surface area contributed by atoms with Gasteiger partial charge in [0.2, 0.25) is 5.91 Å². The van der Waals surface area contributed by atoms with Crippen molar-refractivity contribution >= 4 is 17.7 Å². The number of carbonyl (C=O) groups is 1. The summed E-state index contributed by atoms with van der Waals surface area (Å²) in [5, 5.41) is 0.550. The minimum Gasteiger partial charge on any atom is -0.339 e. The average molecular weight is 230 g/mol. The first kappa shape index (κ1) is 12.8. The van der Waals surface area contributed by atoms with Gasteiger partial charge in [0.25, 0.3) is 0 Å². The minimum absolute atomic E-state index is 0.135. The van der Waals surface area contributed by atoms with E-state index >= 15 is 0 Å². The Labute approximate surface area is 96.8 Å². The lowest BCUT2D eigenvalue weighted by atomic mass is 10.0. The molecule has 1 saturated heterocycles. The van der Waals surface area contributed by atoms with Gasteiger partial charge < -0.3 is 10.6 Å². The van der Waals surface area contributed by atoms with Crippen LogP contribution in [0.4, 0.5) is 0 Å². The molecule has 0 aromatic rings. The lowest BCUT2D eigenvalue weighted by molar-refractivity contribution is -0.132. The van der Waals surface area contributed by atoms with Crippen LogP contribution in [0.25, 0.3) is 0 Å². The molecule has 1 amide bonds. The highest BCUT2D eigenvalue weighted by Gasteiger charge is 2.25. The Hall–Kier alpha value is -0.220. The molecule has 1 rings (SSSR count). The van der Waals surface area contributed by atoms with Crippen LogP contribution in [0.5, 0.6) is 0 Å². The lowest BCUT2D eigenvalue weighted by Crippen LogP contribution is -2.49. The van der Waals surface area contributed by atoms with Crippen LogP contribution in [-0.2, 0) is 4.79 Å². The Morgan fingerprint density at radius 3 is 2.80 bits per heavy atom. The zero-order valence-corrected chi connectivity index (χ0v) is 10.7. The van der Waals surface area contributed by atoms with Gasteiger partial charge in [0, 0.05) is 24.1 Å². The monoisotopic (exact) mass is 230 g/mol. The molecule has 1 heterocycles. The van der Waals surface area contributed by atoms with Gasteiger partial charge in [-0.15, -0.1) is 0 Å². The molecule has 0 radical (unpaired) electrons. The molecule has 15 heavy (non-hydrogen) atoms. The van der Waals surface area contributed by atoms with Crippen molar-refractivity contribution in [2.24, 2.45) is 11.7 Å². The van der Waals surface area contributed by atoms with Crippen molar-refractivity contribution in [3.8, 4) is 0 Å². The van der Waals surface area contributed by atoms with Gasteiger partial charge in [-0.1, -0.05) is 20.8 Å². The normalized spacial score (nSPS) is 24.3. The Kier molecular flexibility index (Phi) is 4.93. The molecule has 1 aliphatic heterocycles. The maximum atomic E-state index is 12.0. The zero-order chi connectivity index (χ0) is 11.4. The van der Waals surface area contributed by atoms with Crippen molar-refractivity contribution in [3.05, 3.63) is 0 Å². The summed E-state index contributed by atoms with van der Waals surface area (Å²) in [6.07, 6.45) is 0.789. The second kappa shape index (κ2) is 5.75. The van der Waals surface area contributed by atoms with Gasteiger partial charge in [-0.3, -0.25) is 4.79 Å². The van der Waals surface area contributed by atoms with E-state index in [0.29, 0.717) is 11.2 Å². The number of amides is 1. The lowest BCUT2D eigenvalue weighted by Gasteiger charge is -2.32. The topological polar surface area (TPSA) is 46.3 Å². The van der Waals surface area contributed by atoms with E-state index in [4.69, 9.17) is 5.73 Å². The molecular formula is C11H22N2OS. The Bertz CT molecular complexity index is 221. The van der Waals surface area contributed by atoms with E-state index in [-0.39, 0.29) is 11.9 Å². The summed E-state index contributed by atoms with van der Waals surface area (Å²) in [6, 6.07) is -0.305. The summed E-state index contributed by atoms with van der Waals surface area (Å²) < 4.78 is 0. The Balaban J connectivity index is 2.44. The van der Waals surface area contributed by atoms with Gasteiger partial charge in [-0.2, -0.15) is 11.8 Å². The molecule has 0 aromatic carbocycles. The third-order valence-corrected chi connectivity index (χ3v) is 3.73. The Morgan fingerprint density at radius 2 is 2.27 bits per heavy atom. The van der Waals surface area contributed by atoms with Gasteiger partial charge in [0.15, 0.2) is 0 Å². The zero-order valence-electron chi connectivity index (χ0n) is 9.90. The van der Waals surface area contributed by atoms with Crippen LogP contribution in [0.3, 0.4) is 0 Å². The highest BCUT2D eigenvalue weighted by molar-refractivity contribution is 7.99. The van der Waals surface area contributed by atoms with Gasteiger partial charge in [-0.25, -0.2) is 0 Å². The van der Waals surface area contributed by atoms with Crippen LogP contribution in [0, 0.1) is 5.92 Å². The quantitative estimate of drug-likeness (QED) is 0.795. The van der Waals surface area contributed by atoms with Gasteiger partial charge in [0.1, 0.15) is 0 Å². The fourth-order valence-electron chi connectivity index (χ4n) is 1.86. The molecule has 2 atom stereocenters. The van der Waals surface area contributed by atoms with E-state index in [1.54, 1.807) is 0 Å². The smallest absolute Gasteiger partial charge is 0.239 e. The highest BCUT2D eigenvalue weighted by atomic mass is 32.2. The summed E-state index contributed by atoms with van der Waals surface area (Å²) in [4.78, 5) is 13.9. The summed E-state index contributed by atoms with van der Waals surface area (Å²) in [5.41, 5.74) is 5.90. The third kappa shape index (κ3) is 4.03. The molecule has 2 N–H and O–H groups in total. The molecule has 1 unspecified atom stereocenters. The molecular weight excluding hydrogens is 208 g/mol. The van der Waals surface area contributed by atoms with Crippen LogP contribution in [0.2, 0.25) is 0 Å². The SMILES string of the molecule is CC(C)C[C@@H](N)C(=O)N1CCSC(C)C1. The maximum Gasteiger partial charge on any atom is 0.239 e. The van der Waals surface area contributed by atoms with Crippen LogP contribution < -0.4 is 5.73 Å². The molecule has 3 nitrogen and oxygen atoms in total. The summed E-state index contributed by atoms with van der Waals surface area (Å²) in [5.74, 6) is 1.66. The van der Waals surface area contributed by atoms with Crippen molar-refractivity contribution in [2.75, 3.05) is 18.8 Å². The fraction of sp³-hybridized carbons (Fsp3) is 0.909. The van der Waals surface area contributed by atoms with Crippen LogP contribution >= 0.6 is 11.8 Å². The minimum atomic E-state index is -0.305. The molecule has 0 aliphatic carbocycles. The van der Waals surface area contributed by atoms with Crippen LogP contribution in [0.15, 0.2) is 0 Å². The molecule has 0 saturated carbocycles. The van der Waals surface area contributed by atoms with Gasteiger partial charge >= 0.3 is 0 Å². The predicted octanol–water partition coefficient (Wildman–Crippen LogP) is 1.32. The molecule has 0 bridgehead atoms. The molecule has 4 heteroatoms. The van der Waals surface area contributed by atoms with Crippen LogP contribution in [-0.4, -0.2) is 40.9 Å². The molecule has 1 aliphatic rings. The van der Waals surface area contributed by atoms with Crippen molar-refractivity contribution < 1.29 is 4.79 Å². The van der Waals surface area contributed by atoms with Crippen molar-refractivity contribution in [3.63, 3.8) is 0 Å². The van der Waals surface area contributed by atoms with Crippen molar-refractivity contribution in [1.82, 2.24) is 4.90 Å². The summed E-state index contributed by atoms with van der Waals surface area (Å²) in [7, 11) is 0. The predicted molar refractivity (Wildman–Crippen MR) is 65.9 cm³/mol. The number of thioether (sulfide) groups is 1. The standard InChI is InChI=1S/C11H22N2OS/c1-8(2)6-10(12)11(14)13-4-5-15-9(3)7-13/h8-10H,4-7,12H2,1-3H3/t9?,10-/m1/s1. The van der Waals surface area contributed by atoms with E-state index in [2.05, 4.69) is 20.8 Å². The van der Waals surface area contributed by atoms with E-state index in [9.17, 15) is 4.79 Å². The highest BCUT2D eigenvalue weighted by Crippen LogP contribution is 2.18. The largest absolute Gasteiger partial charge is 0.339 e. The second-order valence-corrected chi connectivity index (χ2v) is 6.25. The third-order valence-electron chi connectivity index (χ3n) is 2.60. The number of hydrogen-bond acceptors (Lipinski definition) is 3. The summed E-state index contributed by atoms with van der Waals surface area (Å²) in [6.45, 7) is 8.08. The van der Waals surface area contributed by atoms with E-state index in [1.807, 2.05) is 16.7 Å². The van der Waals surface area contributed by atoms with E-state index < -0.39 is 0 Å². The first-order chi connectivity index (χ1) is 7.00. The Morgan fingerprint density at radius 1 is 1.60 bits per heavy atom. The molecule has 88 valence electrons. The van der Waals surface area contributed by atoms with Crippen LogP contribution in [0.1, 0.15) is 27.2 Å². The second-order valence-electron chi connectivity index (χ2n) is 4.70. The fourth-order valence-corrected chi connectivity index (χ4v) is 2.88. The molecule has 0 aromatic heterocycles. The summed E-state index contributed by atoms with van der Waals surface area (Å²) >= 11 is 1.93. The van der Waals surface area contributed by atoms with Gasteiger partial charge in [0.05, 0.1) is 6.04 Å². The number of rotatable bonds is 3. The first-order valence-corrected chi connectivity index (χ1v) is 6.71. The number of nitrogens with two attached hydrogens (primary N) is 1. The van der Waals surface area contributed by atoms with E-state index in [1.165, 1.54) is 0 Å². The van der Waals surface area contributed by atoms with Crippen molar-refractivity contribution in [2.45, 2.75) is 38.5 Å². The molecule has 0 spiro atoms.